The maximum Gasteiger partial charge on any atom is 0.157 e. The zero-order valence-electron chi connectivity index (χ0n) is 8.70. The van der Waals surface area contributed by atoms with Gasteiger partial charge in [-0.05, 0) is 28.8 Å². The van der Waals surface area contributed by atoms with Gasteiger partial charge >= 0.3 is 0 Å². The minimum absolute atomic E-state index is 0.277. The number of halogens is 1. The molecule has 16 heavy (non-hydrogen) atoms. The molecule has 0 amide bonds. The van der Waals surface area contributed by atoms with Gasteiger partial charge in [0.1, 0.15) is 12.0 Å². The second kappa shape index (κ2) is 4.67. The fraction of sp³-hybridized carbons (Fsp3) is 0.200. The van der Waals surface area contributed by atoms with Gasteiger partial charge in [0, 0.05) is 6.54 Å². The molecule has 2 heterocycles. The van der Waals surface area contributed by atoms with Crippen LogP contribution < -0.4 is 11.1 Å². The number of hydrogen-bond donors (Lipinski definition) is 2. The smallest absolute Gasteiger partial charge is 0.157 e. The van der Waals surface area contributed by atoms with E-state index in [1.54, 1.807) is 11.3 Å². The molecule has 2 aromatic heterocycles. The Morgan fingerprint density at radius 3 is 2.94 bits per heavy atom. The normalized spacial score (nSPS) is 10.4. The van der Waals surface area contributed by atoms with Crippen molar-refractivity contribution in [2.45, 2.75) is 13.5 Å². The van der Waals surface area contributed by atoms with Crippen molar-refractivity contribution in [2.75, 3.05) is 11.1 Å². The standard InChI is InChI=1S/C10H11ClN4S/c1-6-3-16-4-7(6)2-13-10-8(12)9(11)14-5-15-10/h3-5H,2,12H2,1H3,(H,13,14,15). The lowest BCUT2D eigenvalue weighted by Gasteiger charge is -2.08. The molecule has 0 aliphatic heterocycles. The number of aryl methyl sites for hydroxylation is 1. The molecule has 6 heteroatoms. The molecule has 2 aromatic rings. The Hall–Kier alpha value is -1.33. The van der Waals surface area contributed by atoms with Crippen molar-refractivity contribution in [1.29, 1.82) is 0 Å². The Morgan fingerprint density at radius 1 is 1.44 bits per heavy atom. The molecule has 3 N–H and O–H groups in total. The predicted molar refractivity (Wildman–Crippen MR) is 67.8 cm³/mol. The van der Waals surface area contributed by atoms with Crippen LogP contribution in [0.25, 0.3) is 0 Å². The fourth-order valence-electron chi connectivity index (χ4n) is 1.26. The number of nitrogens with zero attached hydrogens (tertiary/aromatic N) is 2. The number of nitrogens with two attached hydrogens (primary N) is 1. The summed E-state index contributed by atoms with van der Waals surface area (Å²) < 4.78 is 0. The molecule has 4 nitrogen and oxygen atoms in total. The minimum atomic E-state index is 0.277. The van der Waals surface area contributed by atoms with Crippen molar-refractivity contribution in [3.05, 3.63) is 33.4 Å². The molecule has 0 spiro atoms. The summed E-state index contributed by atoms with van der Waals surface area (Å²) in [5.74, 6) is 0.575. The molecule has 0 unspecified atom stereocenters. The third-order valence-electron chi connectivity index (χ3n) is 2.24. The third-order valence-corrected chi connectivity index (χ3v) is 3.45. The molecule has 0 atom stereocenters. The van der Waals surface area contributed by atoms with Crippen LogP contribution in [0.15, 0.2) is 17.1 Å². The highest BCUT2D eigenvalue weighted by Gasteiger charge is 2.06. The second-order valence-electron chi connectivity index (χ2n) is 3.36. The van der Waals surface area contributed by atoms with Crippen molar-refractivity contribution in [2.24, 2.45) is 0 Å². The van der Waals surface area contributed by atoms with Crippen LogP contribution in [0.2, 0.25) is 5.15 Å². The van der Waals surface area contributed by atoms with E-state index >= 15 is 0 Å². The highest BCUT2D eigenvalue weighted by molar-refractivity contribution is 7.08. The number of aromatic nitrogens is 2. The Bertz CT molecular complexity index is 497. The largest absolute Gasteiger partial charge is 0.393 e. The van der Waals surface area contributed by atoms with Gasteiger partial charge in [-0.15, -0.1) is 0 Å². The van der Waals surface area contributed by atoms with Gasteiger partial charge in [0.25, 0.3) is 0 Å². The number of hydrogen-bond acceptors (Lipinski definition) is 5. The molecule has 0 fully saturated rings. The van der Waals surface area contributed by atoms with Crippen LogP contribution in [0, 0.1) is 6.92 Å². The van der Waals surface area contributed by atoms with Crippen LogP contribution in [-0.2, 0) is 6.54 Å². The second-order valence-corrected chi connectivity index (χ2v) is 4.46. The lowest BCUT2D eigenvalue weighted by molar-refractivity contribution is 1.08. The molecule has 0 aliphatic rings. The summed E-state index contributed by atoms with van der Waals surface area (Å²) in [5, 5.41) is 7.62. The van der Waals surface area contributed by atoms with E-state index in [2.05, 4.69) is 33.0 Å². The van der Waals surface area contributed by atoms with Crippen LogP contribution in [0.3, 0.4) is 0 Å². The van der Waals surface area contributed by atoms with Crippen molar-refractivity contribution in [3.8, 4) is 0 Å². The van der Waals surface area contributed by atoms with E-state index in [1.165, 1.54) is 17.5 Å². The van der Waals surface area contributed by atoms with Crippen molar-refractivity contribution in [1.82, 2.24) is 9.97 Å². The lowest BCUT2D eigenvalue weighted by atomic mass is 10.2. The summed E-state index contributed by atoms with van der Waals surface area (Å²) in [5.41, 5.74) is 8.63. The van der Waals surface area contributed by atoms with Crippen LogP contribution in [0.4, 0.5) is 11.5 Å². The summed E-state index contributed by atoms with van der Waals surface area (Å²) in [4.78, 5) is 7.83. The highest BCUT2D eigenvalue weighted by Crippen LogP contribution is 2.23. The molecule has 0 aliphatic carbocycles. The SMILES string of the molecule is Cc1cscc1CNc1ncnc(Cl)c1N. The average molecular weight is 255 g/mol. The van der Waals surface area contributed by atoms with E-state index in [0.717, 1.165) is 0 Å². The van der Waals surface area contributed by atoms with Gasteiger partial charge in [-0.3, -0.25) is 0 Å². The fourth-order valence-corrected chi connectivity index (χ4v) is 2.25. The number of nitrogens with one attached hydrogen (secondary N) is 1. The van der Waals surface area contributed by atoms with E-state index < -0.39 is 0 Å². The third kappa shape index (κ3) is 2.25. The van der Waals surface area contributed by atoms with Gasteiger partial charge in [0.15, 0.2) is 11.0 Å². The summed E-state index contributed by atoms with van der Waals surface area (Å²) >= 11 is 7.47. The first-order chi connectivity index (χ1) is 7.68. The minimum Gasteiger partial charge on any atom is -0.393 e. The molecular formula is C10H11ClN4S. The molecule has 2 rings (SSSR count). The van der Waals surface area contributed by atoms with Gasteiger partial charge in [0.2, 0.25) is 0 Å². The Kier molecular flexibility index (Phi) is 3.26. The van der Waals surface area contributed by atoms with E-state index in [0.29, 0.717) is 18.1 Å². The summed E-state index contributed by atoms with van der Waals surface area (Å²) in [7, 11) is 0. The van der Waals surface area contributed by atoms with Crippen LogP contribution in [0.5, 0.6) is 0 Å². The van der Waals surface area contributed by atoms with Gasteiger partial charge < -0.3 is 11.1 Å². The van der Waals surface area contributed by atoms with Gasteiger partial charge in [-0.1, -0.05) is 11.6 Å². The maximum atomic E-state index is 5.79. The predicted octanol–water partition coefficient (Wildman–Crippen LogP) is 2.69. The molecule has 0 bridgehead atoms. The maximum absolute atomic E-state index is 5.79. The van der Waals surface area contributed by atoms with Crippen LogP contribution in [-0.4, -0.2) is 9.97 Å². The Morgan fingerprint density at radius 2 is 2.25 bits per heavy atom. The van der Waals surface area contributed by atoms with Crippen LogP contribution in [0.1, 0.15) is 11.1 Å². The monoisotopic (exact) mass is 254 g/mol. The highest BCUT2D eigenvalue weighted by atomic mass is 35.5. The first-order valence-corrected chi connectivity index (χ1v) is 6.02. The van der Waals surface area contributed by atoms with Crippen molar-refractivity contribution >= 4 is 34.4 Å². The van der Waals surface area contributed by atoms with E-state index in [9.17, 15) is 0 Å². The number of rotatable bonds is 3. The van der Waals surface area contributed by atoms with E-state index in [4.69, 9.17) is 17.3 Å². The Labute approximate surface area is 102 Å². The number of anilines is 2. The lowest BCUT2D eigenvalue weighted by Crippen LogP contribution is -2.05. The summed E-state index contributed by atoms with van der Waals surface area (Å²) in [6.07, 6.45) is 1.39. The molecule has 0 aromatic carbocycles. The van der Waals surface area contributed by atoms with E-state index in [-0.39, 0.29) is 5.15 Å². The number of nitrogen functional groups attached to an aromatic ring is 1. The van der Waals surface area contributed by atoms with Crippen molar-refractivity contribution < 1.29 is 0 Å². The molecular weight excluding hydrogens is 244 g/mol. The van der Waals surface area contributed by atoms with E-state index in [1.807, 2.05) is 0 Å². The van der Waals surface area contributed by atoms with Gasteiger partial charge in [-0.2, -0.15) is 11.3 Å². The van der Waals surface area contributed by atoms with Crippen molar-refractivity contribution in [3.63, 3.8) is 0 Å². The molecule has 0 saturated heterocycles. The molecule has 0 radical (unpaired) electrons. The quantitative estimate of drug-likeness (QED) is 0.827. The first-order valence-electron chi connectivity index (χ1n) is 4.70. The zero-order valence-corrected chi connectivity index (χ0v) is 10.3. The Balaban J connectivity index is 2.11. The average Bonchev–Trinajstić information content (AvgIpc) is 2.67. The first kappa shape index (κ1) is 11.2. The van der Waals surface area contributed by atoms with Gasteiger partial charge in [-0.25, -0.2) is 9.97 Å². The van der Waals surface area contributed by atoms with Crippen LogP contribution >= 0.6 is 22.9 Å². The molecule has 84 valence electrons. The topological polar surface area (TPSA) is 63.8 Å². The summed E-state index contributed by atoms with van der Waals surface area (Å²) in [6, 6.07) is 0. The number of thiophene rings is 1. The zero-order chi connectivity index (χ0) is 11.5. The molecule has 0 saturated carbocycles. The summed E-state index contributed by atoms with van der Waals surface area (Å²) in [6.45, 7) is 2.76. The van der Waals surface area contributed by atoms with Gasteiger partial charge in [0.05, 0.1) is 0 Å².